The number of amides is 4. The fourth-order valence-corrected chi connectivity index (χ4v) is 2.27. The number of hydrazine groups is 1. The van der Waals surface area contributed by atoms with Gasteiger partial charge in [0.15, 0.2) is 0 Å². The molecule has 0 fully saturated rings. The first kappa shape index (κ1) is 21.2. The Morgan fingerprint density at radius 3 is 2.11 bits per heavy atom. The van der Waals surface area contributed by atoms with Crippen molar-refractivity contribution in [1.82, 2.24) is 10.9 Å². The third-order valence-corrected chi connectivity index (χ3v) is 3.63. The molecule has 12 heteroatoms. The molecule has 2 aromatic rings. The maximum absolute atomic E-state index is 13.0. The van der Waals surface area contributed by atoms with Crippen molar-refractivity contribution in [2.75, 3.05) is 10.6 Å². The molecule has 0 saturated carbocycles. The van der Waals surface area contributed by atoms with Crippen molar-refractivity contribution in [3.63, 3.8) is 0 Å². The molecule has 148 valence electrons. The van der Waals surface area contributed by atoms with Crippen LogP contribution in [0.5, 0.6) is 0 Å². The highest BCUT2D eigenvalue weighted by Crippen LogP contribution is 2.36. The lowest BCUT2D eigenvalue weighted by atomic mass is 10.1. The van der Waals surface area contributed by atoms with Gasteiger partial charge in [-0.05, 0) is 42.5 Å². The second kappa shape index (κ2) is 8.69. The number of halogens is 5. The van der Waals surface area contributed by atoms with Crippen LogP contribution in [-0.4, -0.2) is 17.8 Å². The first-order valence-electron chi connectivity index (χ1n) is 7.37. The van der Waals surface area contributed by atoms with Gasteiger partial charge < -0.3 is 10.6 Å². The molecule has 4 amide bonds. The monoisotopic (exact) mass is 462 g/mol. The number of carbonyl (C=O) groups is 3. The average molecular weight is 463 g/mol. The highest BCUT2D eigenvalue weighted by atomic mass is 79.9. The summed E-state index contributed by atoms with van der Waals surface area (Å²) in [5.74, 6) is -3.04. The zero-order valence-corrected chi connectivity index (χ0v) is 15.2. The Labute approximate surface area is 163 Å². The van der Waals surface area contributed by atoms with E-state index in [0.29, 0.717) is 0 Å². The third-order valence-electron chi connectivity index (χ3n) is 3.13. The van der Waals surface area contributed by atoms with Crippen LogP contribution in [-0.2, 0) is 15.8 Å². The van der Waals surface area contributed by atoms with Gasteiger partial charge in [0, 0.05) is 10.2 Å². The molecule has 0 aliphatic rings. The van der Waals surface area contributed by atoms with Gasteiger partial charge in [0.1, 0.15) is 5.82 Å². The summed E-state index contributed by atoms with van der Waals surface area (Å²) >= 11 is 2.90. The van der Waals surface area contributed by atoms with Crippen molar-refractivity contribution in [3.8, 4) is 0 Å². The lowest BCUT2D eigenvalue weighted by Gasteiger charge is -2.15. The van der Waals surface area contributed by atoms with Crippen molar-refractivity contribution in [2.24, 2.45) is 0 Å². The van der Waals surface area contributed by atoms with Gasteiger partial charge in [-0.1, -0.05) is 15.9 Å². The number of hydrogen-bond donors (Lipinski definition) is 4. The quantitative estimate of drug-likeness (QED) is 0.312. The Balaban J connectivity index is 1.92. The van der Waals surface area contributed by atoms with Crippen LogP contribution in [0.3, 0.4) is 0 Å². The smallest absolute Gasteiger partial charge is 0.318 e. The van der Waals surface area contributed by atoms with Crippen LogP contribution >= 0.6 is 15.9 Å². The lowest BCUT2D eigenvalue weighted by Crippen LogP contribution is -2.48. The predicted molar refractivity (Wildman–Crippen MR) is 94.5 cm³/mol. The van der Waals surface area contributed by atoms with Crippen LogP contribution < -0.4 is 21.5 Å². The first-order valence-corrected chi connectivity index (χ1v) is 8.16. The van der Waals surface area contributed by atoms with Gasteiger partial charge in [0.2, 0.25) is 0 Å². The second-order valence-electron chi connectivity index (χ2n) is 5.18. The Morgan fingerprint density at radius 1 is 0.857 bits per heavy atom. The average Bonchev–Trinajstić information content (AvgIpc) is 2.62. The van der Waals surface area contributed by atoms with E-state index in [-0.39, 0.29) is 10.2 Å². The molecule has 0 bridgehead atoms. The molecule has 0 radical (unpaired) electrons. The van der Waals surface area contributed by atoms with Crippen molar-refractivity contribution in [2.45, 2.75) is 6.18 Å². The highest BCUT2D eigenvalue weighted by molar-refractivity contribution is 9.10. The number of benzene rings is 2. The molecule has 0 aromatic heterocycles. The number of hydrogen-bond acceptors (Lipinski definition) is 3. The summed E-state index contributed by atoms with van der Waals surface area (Å²) < 4.78 is 51.9. The van der Waals surface area contributed by atoms with Crippen molar-refractivity contribution >= 4 is 45.2 Å². The normalized spacial score (nSPS) is 10.8. The molecular weight excluding hydrogens is 452 g/mol. The predicted octanol–water partition coefficient (Wildman–Crippen LogP) is 3.40. The minimum Gasteiger partial charge on any atom is -0.318 e. The fraction of sp³-hybridized carbons (Fsp3) is 0.0625. The van der Waals surface area contributed by atoms with Gasteiger partial charge in [0.25, 0.3) is 0 Å². The van der Waals surface area contributed by atoms with Crippen LogP contribution in [0.1, 0.15) is 5.56 Å². The molecule has 2 aromatic carbocycles. The number of nitrogens with one attached hydrogen (secondary N) is 4. The Bertz CT molecular complexity index is 904. The summed E-state index contributed by atoms with van der Waals surface area (Å²) in [6.07, 6.45) is -4.73. The number of urea groups is 1. The molecular formula is C16H11BrF4N4O3. The molecule has 28 heavy (non-hydrogen) atoms. The van der Waals surface area contributed by atoms with E-state index in [4.69, 9.17) is 0 Å². The van der Waals surface area contributed by atoms with E-state index in [9.17, 15) is 31.9 Å². The van der Waals surface area contributed by atoms with E-state index in [1.165, 1.54) is 18.2 Å². The Kier molecular flexibility index (Phi) is 6.57. The zero-order chi connectivity index (χ0) is 20.9. The first-order chi connectivity index (χ1) is 13.1. The largest absolute Gasteiger partial charge is 0.418 e. The standard InChI is InChI=1S/C16H11BrF4N4O3/c17-8-1-6-12(11(7-8)16(19,20)21)23-15(28)25-24-14(27)13(26)22-10-4-2-9(18)3-5-10/h1-7H,(H,22,26)(H,24,27)(H2,23,25,28). The fourth-order valence-electron chi connectivity index (χ4n) is 1.90. The van der Waals surface area contributed by atoms with Gasteiger partial charge in [-0.15, -0.1) is 0 Å². The number of alkyl halides is 3. The van der Waals surface area contributed by atoms with E-state index in [2.05, 4.69) is 21.2 Å². The van der Waals surface area contributed by atoms with Crippen LogP contribution in [0.2, 0.25) is 0 Å². The van der Waals surface area contributed by atoms with Crippen LogP contribution in [0, 0.1) is 5.82 Å². The molecule has 0 saturated heterocycles. The van der Waals surface area contributed by atoms with Gasteiger partial charge in [-0.25, -0.2) is 14.6 Å². The Hall–Kier alpha value is -3.15. The molecule has 2 rings (SSSR count). The van der Waals surface area contributed by atoms with Gasteiger partial charge in [-0.3, -0.25) is 15.0 Å². The summed E-state index contributed by atoms with van der Waals surface area (Å²) in [4.78, 5) is 35.0. The topological polar surface area (TPSA) is 99.3 Å². The second-order valence-corrected chi connectivity index (χ2v) is 6.10. The minimum atomic E-state index is -4.73. The molecule has 7 nitrogen and oxygen atoms in total. The molecule has 4 N–H and O–H groups in total. The van der Waals surface area contributed by atoms with E-state index >= 15 is 0 Å². The SMILES string of the molecule is O=C(NNC(=O)C(=O)Nc1ccc(F)cc1)Nc1ccc(Br)cc1C(F)(F)F. The molecule has 0 unspecified atom stereocenters. The number of anilines is 2. The van der Waals surface area contributed by atoms with Crippen molar-refractivity contribution < 1.29 is 31.9 Å². The molecule has 0 spiro atoms. The zero-order valence-electron chi connectivity index (χ0n) is 13.7. The summed E-state index contributed by atoms with van der Waals surface area (Å²) in [6, 6.07) is 6.35. The lowest BCUT2D eigenvalue weighted by molar-refractivity contribution is -0.137. The maximum Gasteiger partial charge on any atom is 0.418 e. The Morgan fingerprint density at radius 2 is 1.50 bits per heavy atom. The number of rotatable bonds is 2. The van der Waals surface area contributed by atoms with Crippen molar-refractivity contribution in [1.29, 1.82) is 0 Å². The molecule has 0 aliphatic heterocycles. The molecule has 0 atom stereocenters. The maximum atomic E-state index is 13.0. The summed E-state index contributed by atoms with van der Waals surface area (Å²) in [6.45, 7) is 0. The minimum absolute atomic E-state index is 0.121. The highest BCUT2D eigenvalue weighted by Gasteiger charge is 2.34. The van der Waals surface area contributed by atoms with Crippen molar-refractivity contribution in [3.05, 3.63) is 58.3 Å². The van der Waals surface area contributed by atoms with Crippen LogP contribution in [0.25, 0.3) is 0 Å². The van der Waals surface area contributed by atoms with Crippen LogP contribution in [0.4, 0.5) is 33.7 Å². The molecule has 0 heterocycles. The summed E-state index contributed by atoms with van der Waals surface area (Å²) in [5.41, 5.74) is 1.93. The summed E-state index contributed by atoms with van der Waals surface area (Å²) in [7, 11) is 0. The number of carbonyl (C=O) groups excluding carboxylic acids is 3. The van der Waals surface area contributed by atoms with Crippen LogP contribution in [0.15, 0.2) is 46.9 Å². The third kappa shape index (κ3) is 5.94. The van der Waals surface area contributed by atoms with Gasteiger partial charge in [-0.2, -0.15) is 13.2 Å². The summed E-state index contributed by atoms with van der Waals surface area (Å²) in [5, 5.41) is 4.05. The van der Waals surface area contributed by atoms with E-state index < -0.39 is 41.1 Å². The molecule has 0 aliphatic carbocycles. The van der Waals surface area contributed by atoms with Gasteiger partial charge in [0.05, 0.1) is 11.3 Å². The van der Waals surface area contributed by atoms with E-state index in [1.54, 1.807) is 10.9 Å². The van der Waals surface area contributed by atoms with Gasteiger partial charge >= 0.3 is 24.0 Å². The van der Waals surface area contributed by atoms with E-state index in [1.807, 2.05) is 5.32 Å². The van der Waals surface area contributed by atoms with E-state index in [0.717, 1.165) is 24.3 Å².